The zero-order chi connectivity index (χ0) is 14.5. The van der Waals surface area contributed by atoms with E-state index in [1.807, 2.05) is 0 Å². The van der Waals surface area contributed by atoms with Crippen molar-refractivity contribution in [3.05, 3.63) is 29.5 Å². The van der Waals surface area contributed by atoms with Gasteiger partial charge in [0.2, 0.25) is 0 Å². The second kappa shape index (κ2) is 6.42. The minimum atomic E-state index is -0.734. The fraction of sp³-hybridized carbons (Fsp3) is 0.273. The van der Waals surface area contributed by atoms with Gasteiger partial charge in [-0.1, -0.05) is 11.6 Å². The minimum Gasteiger partial charge on any atom is -0.370 e. The lowest BCUT2D eigenvalue weighted by Crippen LogP contribution is -2.36. The Morgan fingerprint density at radius 3 is 3.00 bits per heavy atom. The molecule has 8 nitrogen and oxygen atoms in total. The summed E-state index contributed by atoms with van der Waals surface area (Å²) >= 11 is 6.05. The number of benzene rings is 1. The van der Waals surface area contributed by atoms with Gasteiger partial charge in [-0.25, -0.2) is 4.68 Å². The van der Waals surface area contributed by atoms with Crippen LogP contribution in [0.2, 0.25) is 5.02 Å². The maximum absolute atomic E-state index is 11.9. The number of methoxy groups -OCH3 is 1. The number of tetrazole rings is 1. The van der Waals surface area contributed by atoms with Crippen LogP contribution in [0.25, 0.3) is 5.69 Å². The van der Waals surface area contributed by atoms with E-state index in [-0.39, 0.29) is 12.5 Å². The molecule has 1 unspecified atom stereocenters. The Bertz CT molecular complexity index is 585. The smallest absolute Gasteiger partial charge is 0.254 e. The lowest BCUT2D eigenvalue weighted by Gasteiger charge is -2.14. The Labute approximate surface area is 119 Å². The topological polar surface area (TPSA) is 108 Å². The van der Waals surface area contributed by atoms with E-state index in [0.29, 0.717) is 16.4 Å². The van der Waals surface area contributed by atoms with Gasteiger partial charge >= 0.3 is 0 Å². The number of nitrogens with zero attached hydrogens (tertiary/aromatic N) is 4. The lowest BCUT2D eigenvalue weighted by atomic mass is 10.2. The minimum absolute atomic E-state index is 0.0760. The Morgan fingerprint density at radius 2 is 2.40 bits per heavy atom. The number of nitrogens with one attached hydrogen (secondary N) is 1. The van der Waals surface area contributed by atoms with Crippen LogP contribution in [0.1, 0.15) is 0 Å². The number of carbonyl (C=O) groups is 1. The van der Waals surface area contributed by atoms with Crippen LogP contribution in [0.4, 0.5) is 5.69 Å². The summed E-state index contributed by atoms with van der Waals surface area (Å²) in [5.41, 5.74) is 6.53. The Morgan fingerprint density at radius 1 is 1.60 bits per heavy atom. The molecule has 2 aromatic rings. The average molecular weight is 297 g/mol. The largest absolute Gasteiger partial charge is 0.370 e. The molecule has 1 aromatic heterocycles. The Hall–Kier alpha value is -2.03. The van der Waals surface area contributed by atoms with Crippen molar-refractivity contribution in [3.8, 4) is 5.69 Å². The standard InChI is InChI=1S/C11H13ClN6O2/c1-20-10(5-13)11(19)15-9-4-7(2-3-8(9)12)18-6-14-16-17-18/h2-4,6,10H,5,13H2,1H3,(H,15,19). The number of nitrogens with two attached hydrogens (primary N) is 1. The van der Waals surface area contributed by atoms with Gasteiger partial charge in [-0.2, -0.15) is 0 Å². The van der Waals surface area contributed by atoms with Crippen LogP contribution < -0.4 is 11.1 Å². The van der Waals surface area contributed by atoms with Gasteiger partial charge in [0, 0.05) is 13.7 Å². The number of hydrogen-bond donors (Lipinski definition) is 2. The number of carbonyl (C=O) groups excluding carboxylic acids is 1. The van der Waals surface area contributed by atoms with E-state index in [0.717, 1.165) is 0 Å². The van der Waals surface area contributed by atoms with E-state index in [9.17, 15) is 4.79 Å². The number of hydrogen-bond acceptors (Lipinski definition) is 6. The van der Waals surface area contributed by atoms with Gasteiger partial charge in [-0.05, 0) is 28.6 Å². The molecule has 9 heteroatoms. The number of anilines is 1. The third-order valence-electron chi connectivity index (χ3n) is 2.61. The zero-order valence-electron chi connectivity index (χ0n) is 10.7. The fourth-order valence-electron chi connectivity index (χ4n) is 1.55. The molecule has 1 amide bonds. The van der Waals surface area contributed by atoms with E-state index in [2.05, 4.69) is 20.8 Å². The summed E-state index contributed by atoms with van der Waals surface area (Å²) < 4.78 is 6.41. The molecule has 0 aliphatic carbocycles. The van der Waals surface area contributed by atoms with Crippen molar-refractivity contribution in [2.45, 2.75) is 6.10 Å². The van der Waals surface area contributed by atoms with Gasteiger partial charge in [-0.3, -0.25) is 4.79 Å². The first-order valence-electron chi connectivity index (χ1n) is 5.72. The normalized spacial score (nSPS) is 12.2. The lowest BCUT2D eigenvalue weighted by molar-refractivity contribution is -0.125. The van der Waals surface area contributed by atoms with Crippen molar-refractivity contribution in [1.82, 2.24) is 20.2 Å². The maximum atomic E-state index is 11.9. The van der Waals surface area contributed by atoms with Crippen LogP contribution in [0.15, 0.2) is 24.5 Å². The molecule has 0 aliphatic rings. The molecule has 0 bridgehead atoms. The molecular formula is C11H13ClN6O2. The van der Waals surface area contributed by atoms with Crippen molar-refractivity contribution < 1.29 is 9.53 Å². The molecule has 20 heavy (non-hydrogen) atoms. The highest BCUT2D eigenvalue weighted by atomic mass is 35.5. The molecule has 0 aliphatic heterocycles. The first-order valence-corrected chi connectivity index (χ1v) is 6.10. The van der Waals surface area contributed by atoms with Crippen molar-refractivity contribution in [2.24, 2.45) is 5.73 Å². The highest BCUT2D eigenvalue weighted by molar-refractivity contribution is 6.33. The van der Waals surface area contributed by atoms with Gasteiger partial charge in [-0.15, -0.1) is 5.10 Å². The molecule has 0 radical (unpaired) electrons. The van der Waals surface area contributed by atoms with E-state index in [1.165, 1.54) is 18.1 Å². The third kappa shape index (κ3) is 3.10. The van der Waals surface area contributed by atoms with Crippen molar-refractivity contribution >= 4 is 23.2 Å². The van der Waals surface area contributed by atoms with E-state index >= 15 is 0 Å². The number of halogens is 1. The highest BCUT2D eigenvalue weighted by Gasteiger charge is 2.17. The predicted octanol–water partition coefficient (Wildman–Crippen LogP) is 0.228. The van der Waals surface area contributed by atoms with Gasteiger partial charge in [0.05, 0.1) is 16.4 Å². The van der Waals surface area contributed by atoms with Gasteiger partial charge in [0.1, 0.15) is 12.4 Å². The molecule has 106 valence electrons. The second-order valence-electron chi connectivity index (χ2n) is 3.87. The van der Waals surface area contributed by atoms with E-state index in [4.69, 9.17) is 22.1 Å². The number of amides is 1. The Kier molecular flexibility index (Phi) is 4.61. The fourth-order valence-corrected chi connectivity index (χ4v) is 1.72. The van der Waals surface area contributed by atoms with Gasteiger partial charge in [0.15, 0.2) is 0 Å². The predicted molar refractivity (Wildman–Crippen MR) is 72.6 cm³/mol. The number of ether oxygens (including phenoxy) is 1. The first-order chi connectivity index (χ1) is 9.65. The van der Waals surface area contributed by atoms with Crippen molar-refractivity contribution in [3.63, 3.8) is 0 Å². The van der Waals surface area contributed by atoms with E-state index < -0.39 is 6.10 Å². The monoisotopic (exact) mass is 296 g/mol. The zero-order valence-corrected chi connectivity index (χ0v) is 11.4. The summed E-state index contributed by atoms with van der Waals surface area (Å²) in [6, 6.07) is 5.02. The third-order valence-corrected chi connectivity index (χ3v) is 2.94. The van der Waals surface area contributed by atoms with Gasteiger partial charge in [0.25, 0.3) is 5.91 Å². The SMILES string of the molecule is COC(CN)C(=O)Nc1cc(-n2cnnn2)ccc1Cl. The van der Waals surface area contributed by atoms with Crippen LogP contribution in [0.5, 0.6) is 0 Å². The first kappa shape index (κ1) is 14.4. The van der Waals surface area contributed by atoms with Crippen molar-refractivity contribution in [2.75, 3.05) is 19.0 Å². The van der Waals surface area contributed by atoms with Crippen LogP contribution in [-0.2, 0) is 9.53 Å². The summed E-state index contributed by atoms with van der Waals surface area (Å²) in [7, 11) is 1.41. The summed E-state index contributed by atoms with van der Waals surface area (Å²) in [5.74, 6) is -0.370. The van der Waals surface area contributed by atoms with Crippen LogP contribution in [0, 0.1) is 0 Å². The molecule has 1 atom stereocenters. The molecule has 0 saturated heterocycles. The number of rotatable bonds is 5. The molecule has 2 rings (SSSR count). The molecule has 0 fully saturated rings. The summed E-state index contributed by atoms with van der Waals surface area (Å²) in [4.78, 5) is 11.9. The summed E-state index contributed by atoms with van der Waals surface area (Å²) in [5, 5.41) is 13.9. The summed E-state index contributed by atoms with van der Waals surface area (Å²) in [6.45, 7) is 0.0760. The second-order valence-corrected chi connectivity index (χ2v) is 4.28. The Balaban J connectivity index is 2.23. The molecular weight excluding hydrogens is 284 g/mol. The highest BCUT2D eigenvalue weighted by Crippen LogP contribution is 2.24. The molecule has 0 spiro atoms. The number of aromatic nitrogens is 4. The van der Waals surface area contributed by atoms with Crippen LogP contribution >= 0.6 is 11.6 Å². The quantitative estimate of drug-likeness (QED) is 0.817. The van der Waals surface area contributed by atoms with Gasteiger partial charge < -0.3 is 15.8 Å². The molecule has 1 heterocycles. The molecule has 3 N–H and O–H groups in total. The molecule has 0 saturated carbocycles. The van der Waals surface area contributed by atoms with E-state index in [1.54, 1.807) is 18.2 Å². The molecule has 1 aromatic carbocycles. The summed E-state index contributed by atoms with van der Waals surface area (Å²) in [6.07, 6.45) is 0.704. The van der Waals surface area contributed by atoms with Crippen molar-refractivity contribution in [1.29, 1.82) is 0 Å². The average Bonchev–Trinajstić information content (AvgIpc) is 2.96. The van der Waals surface area contributed by atoms with Crippen LogP contribution in [-0.4, -0.2) is 45.9 Å². The van der Waals surface area contributed by atoms with Crippen LogP contribution in [0.3, 0.4) is 0 Å². The maximum Gasteiger partial charge on any atom is 0.254 e.